The van der Waals surface area contributed by atoms with Gasteiger partial charge in [0.15, 0.2) is 17.4 Å². The molecule has 0 aromatic rings. The Labute approximate surface area is 69.2 Å². The van der Waals surface area contributed by atoms with E-state index in [1.807, 2.05) is 0 Å². The predicted molar refractivity (Wildman–Crippen MR) is 41.0 cm³/mol. The maximum absolute atomic E-state index is 8.17. The zero-order valence-corrected chi connectivity index (χ0v) is 4.83. The van der Waals surface area contributed by atoms with E-state index in [9.17, 15) is 0 Å². The van der Waals surface area contributed by atoms with Crippen LogP contribution in [0.25, 0.3) is 0 Å². The van der Waals surface area contributed by atoms with E-state index in [4.69, 9.17) is 15.3 Å². The highest BCUT2D eigenvalue weighted by Gasteiger charge is 1.93. The molecule has 0 atom stereocenters. The first-order valence-electron chi connectivity index (χ1n) is 1.71. The number of hydrogen-bond donors (Lipinski definition) is 3. The third-order valence-corrected chi connectivity index (χ3v) is 0.421. The highest BCUT2D eigenvalue weighted by Crippen LogP contribution is 1.71. The molecule has 10 heavy (non-hydrogen) atoms. The van der Waals surface area contributed by atoms with Gasteiger partial charge in [-0.3, -0.25) is 0 Å². The first kappa shape index (κ1) is 31.7. The van der Waals surface area contributed by atoms with Crippen molar-refractivity contribution in [3.63, 3.8) is 0 Å². The van der Waals surface area contributed by atoms with Crippen LogP contribution in [0.15, 0.2) is 0 Å². The van der Waals surface area contributed by atoms with Gasteiger partial charge in [-0.1, -0.05) is 0 Å². The van der Waals surface area contributed by atoms with Gasteiger partial charge in [0.05, 0.1) is 13.2 Å². The Morgan fingerprint density at radius 1 is 0.900 bits per heavy atom. The lowest BCUT2D eigenvalue weighted by atomic mass is 10.4. The maximum Gasteiger partial charge on any atom is 0.187 e. The van der Waals surface area contributed by atoms with Crippen molar-refractivity contribution < 1.29 is 31.7 Å². The van der Waals surface area contributed by atoms with Gasteiger partial charge in [0, 0.05) is 0 Å². The standard InChI is InChI=1S/C3H8O3.Al.3H2O.3H/c4-1-3(6)2-5;;;;;;;/h3-6H,1-2H2;;3*1H2;;;. The molecule has 6 nitrogen and oxygen atoms in total. The predicted octanol–water partition coefficient (Wildman–Crippen LogP) is -5.33. The number of aliphatic hydroxyl groups is 3. The summed E-state index contributed by atoms with van der Waals surface area (Å²) in [6.07, 6.45) is -0.954. The first-order chi connectivity index (χ1) is 2.81. The van der Waals surface area contributed by atoms with Crippen molar-refractivity contribution in [1.29, 1.82) is 0 Å². The Morgan fingerprint density at radius 3 is 1.10 bits per heavy atom. The lowest BCUT2D eigenvalue weighted by Gasteiger charge is -1.96. The van der Waals surface area contributed by atoms with Crippen molar-refractivity contribution in [3.8, 4) is 0 Å². The molecule has 0 aliphatic carbocycles. The molecular weight excluding hydrogens is 159 g/mol. The van der Waals surface area contributed by atoms with Crippen LogP contribution < -0.4 is 0 Å². The van der Waals surface area contributed by atoms with Crippen molar-refractivity contribution in [2.45, 2.75) is 6.10 Å². The molecule has 0 saturated carbocycles. The fourth-order valence-electron chi connectivity index (χ4n) is 0.0577. The van der Waals surface area contributed by atoms with Crippen LogP contribution >= 0.6 is 0 Å². The van der Waals surface area contributed by atoms with E-state index in [2.05, 4.69) is 0 Å². The normalized spacial score (nSPS) is 6.00. The van der Waals surface area contributed by atoms with Gasteiger partial charge in [0.2, 0.25) is 0 Å². The van der Waals surface area contributed by atoms with Gasteiger partial charge in [-0.15, -0.1) is 0 Å². The summed E-state index contributed by atoms with van der Waals surface area (Å²) in [7, 11) is 0. The van der Waals surface area contributed by atoms with Gasteiger partial charge in [-0.2, -0.15) is 0 Å². The molecule has 0 aliphatic heterocycles. The van der Waals surface area contributed by atoms with Gasteiger partial charge < -0.3 is 31.7 Å². The molecule has 68 valence electrons. The second-order valence-corrected chi connectivity index (χ2v) is 1.02. The van der Waals surface area contributed by atoms with Crippen LogP contribution in [-0.2, 0) is 0 Å². The van der Waals surface area contributed by atoms with Crippen LogP contribution in [0.3, 0.4) is 0 Å². The number of hydrogen-bond acceptors (Lipinski definition) is 3. The summed E-state index contributed by atoms with van der Waals surface area (Å²) in [4.78, 5) is 0. The van der Waals surface area contributed by atoms with E-state index < -0.39 is 6.10 Å². The quantitative estimate of drug-likeness (QED) is 0.359. The molecule has 0 spiro atoms. The fraction of sp³-hybridized carbons (Fsp3) is 1.00. The lowest BCUT2D eigenvalue weighted by molar-refractivity contribution is 0.0450. The summed E-state index contributed by atoms with van der Waals surface area (Å²) in [6.45, 7) is -0.729. The smallest absolute Gasteiger partial charge is 0.187 e. The summed E-state index contributed by atoms with van der Waals surface area (Å²) in [6, 6.07) is 0. The largest absolute Gasteiger partial charge is 0.412 e. The Balaban J connectivity index is -0.0000000208. The molecular formula is C3H17AlO6. The lowest BCUT2D eigenvalue weighted by Crippen LogP contribution is -2.15. The zero-order chi connectivity index (χ0) is 4.99. The molecule has 7 heteroatoms. The Hall–Kier alpha value is 0.292. The average Bonchev–Trinajstić information content (AvgIpc) is 1.65. The van der Waals surface area contributed by atoms with Crippen molar-refractivity contribution in [2.24, 2.45) is 0 Å². The van der Waals surface area contributed by atoms with Gasteiger partial charge >= 0.3 is 0 Å². The van der Waals surface area contributed by atoms with Gasteiger partial charge in [0.1, 0.15) is 6.10 Å². The fourth-order valence-corrected chi connectivity index (χ4v) is 0.0577. The van der Waals surface area contributed by atoms with Crippen LogP contribution in [-0.4, -0.2) is 68.4 Å². The summed E-state index contributed by atoms with van der Waals surface area (Å²) < 4.78 is 0. The van der Waals surface area contributed by atoms with Crippen molar-refractivity contribution in [1.82, 2.24) is 0 Å². The molecule has 9 N–H and O–H groups in total. The van der Waals surface area contributed by atoms with Crippen molar-refractivity contribution in [3.05, 3.63) is 0 Å². The average molecular weight is 176 g/mol. The molecule has 0 rings (SSSR count). The molecule has 0 heterocycles. The van der Waals surface area contributed by atoms with Crippen LogP contribution in [0.4, 0.5) is 0 Å². The minimum absolute atomic E-state index is 0. The molecule has 0 aliphatic rings. The van der Waals surface area contributed by atoms with E-state index >= 15 is 0 Å². The molecule has 0 unspecified atom stereocenters. The van der Waals surface area contributed by atoms with Crippen molar-refractivity contribution in [2.75, 3.05) is 13.2 Å². The van der Waals surface area contributed by atoms with Gasteiger partial charge in [-0.05, 0) is 0 Å². The third kappa shape index (κ3) is 23.9. The minimum Gasteiger partial charge on any atom is -0.412 e. The molecule has 0 radical (unpaired) electrons. The SMILES string of the molecule is O.O.O.OCC(O)CO.[AlH3]. The van der Waals surface area contributed by atoms with Crippen LogP contribution in [0.1, 0.15) is 0 Å². The van der Waals surface area contributed by atoms with Gasteiger partial charge in [-0.25, -0.2) is 0 Å². The Bertz CT molecular complexity index is 32.2. The number of aliphatic hydroxyl groups excluding tert-OH is 3. The van der Waals surface area contributed by atoms with Crippen LogP contribution in [0, 0.1) is 0 Å². The molecule has 0 bridgehead atoms. The zero-order valence-electron chi connectivity index (χ0n) is 4.83. The van der Waals surface area contributed by atoms with E-state index in [0.717, 1.165) is 0 Å². The van der Waals surface area contributed by atoms with Gasteiger partial charge in [0.25, 0.3) is 0 Å². The summed E-state index contributed by atoms with van der Waals surface area (Å²) in [5.41, 5.74) is 0. The first-order valence-corrected chi connectivity index (χ1v) is 1.71. The Morgan fingerprint density at radius 2 is 1.10 bits per heavy atom. The van der Waals surface area contributed by atoms with E-state index in [0.29, 0.717) is 0 Å². The summed E-state index contributed by atoms with van der Waals surface area (Å²) in [5.74, 6) is 0. The molecule has 0 amide bonds. The Kier molecular flexibility index (Phi) is 72.4. The molecule has 0 aromatic heterocycles. The summed E-state index contributed by atoms with van der Waals surface area (Å²) >= 11 is 0. The second kappa shape index (κ2) is 22.8. The molecule has 0 fully saturated rings. The van der Waals surface area contributed by atoms with Crippen LogP contribution in [0.5, 0.6) is 0 Å². The maximum atomic E-state index is 8.17. The molecule has 0 saturated heterocycles. The van der Waals surface area contributed by atoms with Crippen molar-refractivity contribution >= 4 is 17.4 Å². The van der Waals surface area contributed by atoms with E-state index in [-0.39, 0.29) is 47.0 Å². The van der Waals surface area contributed by atoms with E-state index in [1.54, 1.807) is 0 Å². The molecule has 0 aromatic carbocycles. The third-order valence-electron chi connectivity index (χ3n) is 0.421. The summed E-state index contributed by atoms with van der Waals surface area (Å²) in [5, 5.41) is 24.0. The monoisotopic (exact) mass is 176 g/mol. The topological polar surface area (TPSA) is 155 Å². The van der Waals surface area contributed by atoms with E-state index in [1.165, 1.54) is 0 Å². The van der Waals surface area contributed by atoms with Crippen LogP contribution in [0.2, 0.25) is 0 Å². The number of rotatable bonds is 2. The second-order valence-electron chi connectivity index (χ2n) is 1.02. The highest BCUT2D eigenvalue weighted by molar-refractivity contribution is 5.75. The highest BCUT2D eigenvalue weighted by atomic mass is 27.0. The minimum atomic E-state index is -0.954.